The maximum Gasteiger partial charge on any atom is 0.324 e. The zero-order valence-corrected chi connectivity index (χ0v) is 8.28. The molecular weight excluding hydrogens is 178 g/mol. The minimum Gasteiger partial charge on any atom is -0.480 e. The Balaban J connectivity index is 1.98. The van der Waals surface area contributed by atoms with Crippen LogP contribution in [-0.2, 0) is 4.79 Å². The van der Waals surface area contributed by atoms with E-state index in [-0.39, 0.29) is 11.8 Å². The fourth-order valence-corrected chi connectivity index (χ4v) is 4.31. The molecule has 4 aliphatic carbocycles. The van der Waals surface area contributed by atoms with Crippen LogP contribution >= 0.6 is 0 Å². The molecule has 0 aromatic carbocycles. The van der Waals surface area contributed by atoms with Gasteiger partial charge in [0.15, 0.2) is 0 Å². The van der Waals surface area contributed by atoms with E-state index in [1.807, 2.05) is 0 Å². The molecule has 0 saturated heterocycles. The van der Waals surface area contributed by atoms with E-state index in [2.05, 4.69) is 0 Å². The van der Waals surface area contributed by atoms with Crippen LogP contribution in [0.2, 0.25) is 0 Å². The summed E-state index contributed by atoms with van der Waals surface area (Å²) in [6, 6.07) is 0. The summed E-state index contributed by atoms with van der Waals surface area (Å²) in [7, 11) is 0. The number of hydrogen-bond donors (Lipinski definition) is 2. The predicted octanol–water partition coefficient (Wildman–Crippen LogP) is 1.22. The molecular formula is C11H17NO2. The van der Waals surface area contributed by atoms with E-state index in [0.717, 1.165) is 37.5 Å². The van der Waals surface area contributed by atoms with Gasteiger partial charge in [-0.15, -0.1) is 0 Å². The lowest BCUT2D eigenvalue weighted by Crippen LogP contribution is -2.67. The maximum absolute atomic E-state index is 11.3. The van der Waals surface area contributed by atoms with Gasteiger partial charge in [0.05, 0.1) is 0 Å². The molecule has 0 aromatic heterocycles. The van der Waals surface area contributed by atoms with Crippen LogP contribution in [0.25, 0.3) is 0 Å². The molecule has 14 heavy (non-hydrogen) atoms. The Labute approximate surface area is 83.7 Å². The first-order chi connectivity index (χ1) is 6.60. The molecule has 0 spiro atoms. The van der Waals surface area contributed by atoms with Crippen molar-refractivity contribution >= 4 is 5.97 Å². The van der Waals surface area contributed by atoms with Gasteiger partial charge in [0.1, 0.15) is 5.54 Å². The van der Waals surface area contributed by atoms with Gasteiger partial charge >= 0.3 is 5.97 Å². The number of nitrogens with two attached hydrogens (primary N) is 1. The molecule has 4 rings (SSSR count). The van der Waals surface area contributed by atoms with Gasteiger partial charge in [-0.25, -0.2) is 0 Å². The van der Waals surface area contributed by atoms with Gasteiger partial charge in [-0.3, -0.25) is 4.79 Å². The average Bonchev–Trinajstić information content (AvgIpc) is 2.12. The summed E-state index contributed by atoms with van der Waals surface area (Å²) >= 11 is 0. The number of hydrogen-bond acceptors (Lipinski definition) is 2. The van der Waals surface area contributed by atoms with Crippen LogP contribution in [0, 0.1) is 23.7 Å². The molecule has 78 valence electrons. The van der Waals surface area contributed by atoms with Gasteiger partial charge in [-0.1, -0.05) is 0 Å². The normalized spacial score (nSPS) is 54.9. The third-order valence-electron chi connectivity index (χ3n) is 4.86. The molecule has 0 atom stereocenters. The highest BCUT2D eigenvalue weighted by Gasteiger charge is 2.59. The van der Waals surface area contributed by atoms with Crippen LogP contribution in [0.15, 0.2) is 0 Å². The van der Waals surface area contributed by atoms with Gasteiger partial charge in [-0.2, -0.15) is 0 Å². The summed E-state index contributed by atoms with van der Waals surface area (Å²) in [5, 5.41) is 9.28. The number of aliphatic carboxylic acids is 1. The van der Waals surface area contributed by atoms with Crippen molar-refractivity contribution in [2.75, 3.05) is 0 Å². The van der Waals surface area contributed by atoms with Gasteiger partial charge in [0.25, 0.3) is 0 Å². The summed E-state index contributed by atoms with van der Waals surface area (Å²) in [6.07, 6.45) is 5.60. The van der Waals surface area contributed by atoms with Crippen molar-refractivity contribution in [3.63, 3.8) is 0 Å². The average molecular weight is 195 g/mol. The molecule has 4 saturated carbocycles. The minimum atomic E-state index is -0.882. The molecule has 3 nitrogen and oxygen atoms in total. The lowest BCUT2D eigenvalue weighted by atomic mass is 9.49. The quantitative estimate of drug-likeness (QED) is 0.661. The van der Waals surface area contributed by atoms with E-state index >= 15 is 0 Å². The molecule has 0 amide bonds. The first-order valence-corrected chi connectivity index (χ1v) is 5.63. The Bertz CT molecular complexity index is 259. The largest absolute Gasteiger partial charge is 0.480 e. The van der Waals surface area contributed by atoms with Crippen LogP contribution in [0.3, 0.4) is 0 Å². The van der Waals surface area contributed by atoms with Crippen molar-refractivity contribution in [1.29, 1.82) is 0 Å². The second-order valence-corrected chi connectivity index (χ2v) is 5.54. The monoisotopic (exact) mass is 195 g/mol. The first kappa shape index (κ1) is 8.72. The summed E-state index contributed by atoms with van der Waals surface area (Å²) in [6.45, 7) is 0. The second kappa shape index (κ2) is 2.51. The van der Waals surface area contributed by atoms with Crippen molar-refractivity contribution in [3.05, 3.63) is 0 Å². The molecule has 0 unspecified atom stereocenters. The third kappa shape index (κ3) is 0.888. The van der Waals surface area contributed by atoms with E-state index in [9.17, 15) is 9.90 Å². The van der Waals surface area contributed by atoms with Crippen molar-refractivity contribution in [3.8, 4) is 0 Å². The van der Waals surface area contributed by atoms with Crippen LogP contribution in [0.5, 0.6) is 0 Å². The van der Waals surface area contributed by atoms with E-state index in [4.69, 9.17) is 5.73 Å². The molecule has 4 aliphatic rings. The molecule has 0 radical (unpaired) electrons. The Morgan fingerprint density at radius 3 is 1.86 bits per heavy atom. The van der Waals surface area contributed by atoms with E-state index in [0.29, 0.717) is 0 Å². The Hall–Kier alpha value is -0.570. The highest BCUT2D eigenvalue weighted by atomic mass is 16.4. The fourth-order valence-electron chi connectivity index (χ4n) is 4.31. The number of carboxylic acids is 1. The molecule has 0 heterocycles. The zero-order chi connectivity index (χ0) is 9.92. The minimum absolute atomic E-state index is 0.260. The van der Waals surface area contributed by atoms with Gasteiger partial charge < -0.3 is 10.8 Å². The Morgan fingerprint density at radius 1 is 1.07 bits per heavy atom. The lowest BCUT2D eigenvalue weighted by molar-refractivity contribution is -0.159. The molecule has 4 fully saturated rings. The van der Waals surface area contributed by atoms with Crippen LogP contribution in [-0.4, -0.2) is 16.6 Å². The standard InChI is InChI=1S/C11H17NO2/c12-11(10(13)14)8-2-6-1-7(4-8)5-9(11)3-6/h6-9H,1-5,12H2,(H,13,14). The molecule has 3 N–H and O–H groups in total. The maximum atomic E-state index is 11.3. The predicted molar refractivity (Wildman–Crippen MR) is 51.6 cm³/mol. The van der Waals surface area contributed by atoms with Crippen molar-refractivity contribution in [1.82, 2.24) is 0 Å². The summed E-state index contributed by atoms with van der Waals surface area (Å²) in [5.74, 6) is 1.33. The Morgan fingerprint density at radius 2 is 1.50 bits per heavy atom. The third-order valence-corrected chi connectivity index (χ3v) is 4.86. The highest BCUT2D eigenvalue weighted by Crippen LogP contribution is 2.57. The van der Waals surface area contributed by atoms with Crippen molar-refractivity contribution < 1.29 is 9.90 Å². The van der Waals surface area contributed by atoms with Crippen LogP contribution in [0.4, 0.5) is 0 Å². The van der Waals surface area contributed by atoms with Crippen molar-refractivity contribution in [2.45, 2.75) is 37.6 Å². The smallest absolute Gasteiger partial charge is 0.324 e. The highest BCUT2D eigenvalue weighted by molar-refractivity contribution is 5.80. The van der Waals surface area contributed by atoms with Gasteiger partial charge in [0, 0.05) is 0 Å². The number of rotatable bonds is 1. The summed E-state index contributed by atoms with van der Waals surface area (Å²) in [5.41, 5.74) is 5.25. The second-order valence-electron chi connectivity index (χ2n) is 5.54. The molecule has 3 heteroatoms. The van der Waals surface area contributed by atoms with Crippen LogP contribution in [0.1, 0.15) is 32.1 Å². The lowest BCUT2D eigenvalue weighted by Gasteiger charge is -2.57. The first-order valence-electron chi connectivity index (χ1n) is 5.63. The Kier molecular flexibility index (Phi) is 1.56. The van der Waals surface area contributed by atoms with Crippen LogP contribution < -0.4 is 5.73 Å². The SMILES string of the molecule is NC1(C(=O)O)C2CC3CC(C2)CC1C3. The number of carboxylic acid groups (broad SMARTS) is 1. The van der Waals surface area contributed by atoms with Gasteiger partial charge in [-0.05, 0) is 55.8 Å². The molecule has 4 bridgehead atoms. The molecule has 0 aliphatic heterocycles. The van der Waals surface area contributed by atoms with Crippen molar-refractivity contribution in [2.24, 2.45) is 29.4 Å². The van der Waals surface area contributed by atoms with E-state index in [1.54, 1.807) is 0 Å². The fraction of sp³-hybridized carbons (Fsp3) is 0.909. The topological polar surface area (TPSA) is 63.3 Å². The summed E-state index contributed by atoms with van der Waals surface area (Å²) in [4.78, 5) is 11.3. The van der Waals surface area contributed by atoms with E-state index < -0.39 is 11.5 Å². The van der Waals surface area contributed by atoms with E-state index in [1.165, 1.54) is 6.42 Å². The molecule has 0 aromatic rings. The zero-order valence-electron chi connectivity index (χ0n) is 8.28. The summed E-state index contributed by atoms with van der Waals surface area (Å²) < 4.78 is 0. The van der Waals surface area contributed by atoms with Gasteiger partial charge in [0.2, 0.25) is 0 Å². The number of carbonyl (C=O) groups is 1.